The van der Waals surface area contributed by atoms with Gasteiger partial charge < -0.3 is 10.5 Å². The van der Waals surface area contributed by atoms with Gasteiger partial charge in [-0.15, -0.1) is 6.58 Å². The Hall–Kier alpha value is -1.42. The number of unbranched alkanes of at least 4 members (excludes halogenated alkanes) is 1. The number of nitrogens with zero attached hydrogens (tertiary/aromatic N) is 2. The first kappa shape index (κ1) is 11.7. The highest BCUT2D eigenvalue weighted by Crippen LogP contribution is 2.08. The minimum Gasteiger partial charge on any atom is -0.463 e. The molecule has 4 heteroatoms. The van der Waals surface area contributed by atoms with Crippen LogP contribution in [0.2, 0.25) is 0 Å². The number of aromatic nitrogens is 2. The molecule has 0 aromatic carbocycles. The number of nitrogens with two attached hydrogens (primary N) is 1. The first-order valence-electron chi connectivity index (χ1n) is 5.04. The van der Waals surface area contributed by atoms with Gasteiger partial charge >= 0.3 is 6.01 Å². The molecule has 0 aliphatic carbocycles. The molecule has 1 heterocycles. The summed E-state index contributed by atoms with van der Waals surface area (Å²) in [5, 5.41) is 0. The Morgan fingerprint density at radius 3 is 3.00 bits per heavy atom. The lowest BCUT2D eigenvalue weighted by Crippen LogP contribution is -2.06. The van der Waals surface area contributed by atoms with Crippen molar-refractivity contribution < 1.29 is 4.74 Å². The Labute approximate surface area is 90.2 Å². The zero-order valence-electron chi connectivity index (χ0n) is 9.07. The lowest BCUT2D eigenvalue weighted by molar-refractivity contribution is 0.286. The van der Waals surface area contributed by atoms with Gasteiger partial charge in [-0.05, 0) is 19.8 Å². The molecule has 1 rings (SSSR count). The maximum absolute atomic E-state index is 5.51. The van der Waals surface area contributed by atoms with Crippen molar-refractivity contribution in [3.05, 3.63) is 30.1 Å². The number of rotatable bonds is 6. The fraction of sp³-hybridized carbons (Fsp3) is 0.455. The molecular formula is C11H17N3O. The molecule has 0 spiro atoms. The van der Waals surface area contributed by atoms with Gasteiger partial charge in [-0.3, -0.25) is 0 Å². The third kappa shape index (κ3) is 3.67. The standard InChI is InChI=1S/C11H17N3O/c1-3-4-5-6-15-11-13-8-10(7-12)9(2)14-11/h3,8H,1,4-7,12H2,2H3. The van der Waals surface area contributed by atoms with Crippen molar-refractivity contribution in [2.75, 3.05) is 6.61 Å². The quantitative estimate of drug-likeness (QED) is 0.568. The van der Waals surface area contributed by atoms with Crippen molar-refractivity contribution in [3.63, 3.8) is 0 Å². The molecule has 2 N–H and O–H groups in total. The maximum Gasteiger partial charge on any atom is 0.316 e. The fourth-order valence-corrected chi connectivity index (χ4v) is 1.13. The third-order valence-corrected chi connectivity index (χ3v) is 2.06. The van der Waals surface area contributed by atoms with E-state index in [1.54, 1.807) is 6.20 Å². The van der Waals surface area contributed by atoms with Crippen LogP contribution in [0.15, 0.2) is 18.9 Å². The second-order valence-electron chi connectivity index (χ2n) is 3.25. The summed E-state index contributed by atoms with van der Waals surface area (Å²) >= 11 is 0. The van der Waals surface area contributed by atoms with E-state index >= 15 is 0 Å². The molecule has 15 heavy (non-hydrogen) atoms. The van der Waals surface area contributed by atoms with Crippen LogP contribution in [0.3, 0.4) is 0 Å². The van der Waals surface area contributed by atoms with E-state index in [0.29, 0.717) is 19.2 Å². The molecule has 82 valence electrons. The van der Waals surface area contributed by atoms with Gasteiger partial charge in [0.15, 0.2) is 0 Å². The topological polar surface area (TPSA) is 61.0 Å². The molecule has 1 aromatic heterocycles. The number of aryl methyl sites for hydroxylation is 1. The lowest BCUT2D eigenvalue weighted by Gasteiger charge is -2.05. The van der Waals surface area contributed by atoms with Gasteiger partial charge in [-0.25, -0.2) is 9.97 Å². The first-order valence-corrected chi connectivity index (χ1v) is 5.04. The third-order valence-electron chi connectivity index (χ3n) is 2.06. The Kier molecular flexibility index (Phi) is 4.77. The molecule has 0 atom stereocenters. The van der Waals surface area contributed by atoms with E-state index in [0.717, 1.165) is 24.1 Å². The maximum atomic E-state index is 5.51. The number of hydrogen-bond acceptors (Lipinski definition) is 4. The van der Waals surface area contributed by atoms with E-state index in [-0.39, 0.29) is 0 Å². The second kappa shape index (κ2) is 6.14. The molecule has 1 aromatic rings. The summed E-state index contributed by atoms with van der Waals surface area (Å²) in [6.07, 6.45) is 5.46. The van der Waals surface area contributed by atoms with E-state index in [9.17, 15) is 0 Å². The summed E-state index contributed by atoms with van der Waals surface area (Å²) in [5.74, 6) is 0. The highest BCUT2D eigenvalue weighted by molar-refractivity contribution is 5.17. The number of ether oxygens (including phenoxy) is 1. The lowest BCUT2D eigenvalue weighted by atomic mass is 10.2. The summed E-state index contributed by atoms with van der Waals surface area (Å²) < 4.78 is 5.38. The minimum absolute atomic E-state index is 0.425. The van der Waals surface area contributed by atoms with Gasteiger partial charge in [0, 0.05) is 24.0 Å². The largest absolute Gasteiger partial charge is 0.463 e. The van der Waals surface area contributed by atoms with Gasteiger partial charge in [-0.2, -0.15) is 0 Å². The van der Waals surface area contributed by atoms with Gasteiger partial charge in [0.2, 0.25) is 0 Å². The predicted molar refractivity (Wildman–Crippen MR) is 59.6 cm³/mol. The van der Waals surface area contributed by atoms with Gasteiger partial charge in [0.1, 0.15) is 0 Å². The Morgan fingerprint density at radius 1 is 1.60 bits per heavy atom. The predicted octanol–water partition coefficient (Wildman–Crippen LogP) is 1.59. The van der Waals surface area contributed by atoms with Gasteiger partial charge in [-0.1, -0.05) is 6.08 Å². The summed E-state index contributed by atoms with van der Waals surface area (Å²) in [6, 6.07) is 0.425. The molecule has 0 radical (unpaired) electrons. The second-order valence-corrected chi connectivity index (χ2v) is 3.25. The van der Waals surface area contributed by atoms with Crippen molar-refractivity contribution in [2.45, 2.75) is 26.3 Å². The Bertz CT molecular complexity index is 326. The van der Waals surface area contributed by atoms with Crippen LogP contribution in [0.25, 0.3) is 0 Å². The zero-order valence-corrected chi connectivity index (χ0v) is 9.07. The van der Waals surface area contributed by atoms with E-state index in [1.807, 2.05) is 13.0 Å². The number of hydrogen-bond donors (Lipinski definition) is 1. The smallest absolute Gasteiger partial charge is 0.316 e. The van der Waals surface area contributed by atoms with Crippen LogP contribution in [-0.2, 0) is 6.54 Å². The highest BCUT2D eigenvalue weighted by atomic mass is 16.5. The molecule has 0 aliphatic rings. The molecular weight excluding hydrogens is 190 g/mol. The molecule has 0 saturated carbocycles. The van der Waals surface area contributed by atoms with Crippen LogP contribution in [0.4, 0.5) is 0 Å². The van der Waals surface area contributed by atoms with E-state index in [4.69, 9.17) is 10.5 Å². The molecule has 0 unspecified atom stereocenters. The van der Waals surface area contributed by atoms with Crippen LogP contribution in [-0.4, -0.2) is 16.6 Å². The molecule has 0 aliphatic heterocycles. The molecule has 0 amide bonds. The average Bonchev–Trinajstić information content (AvgIpc) is 2.25. The van der Waals surface area contributed by atoms with E-state index in [1.165, 1.54) is 0 Å². The first-order chi connectivity index (χ1) is 7.27. The molecule has 4 nitrogen and oxygen atoms in total. The van der Waals surface area contributed by atoms with Crippen LogP contribution < -0.4 is 10.5 Å². The summed E-state index contributed by atoms with van der Waals surface area (Å²) in [6.45, 7) is 6.62. The van der Waals surface area contributed by atoms with Crippen LogP contribution >= 0.6 is 0 Å². The minimum atomic E-state index is 0.425. The van der Waals surface area contributed by atoms with Crippen LogP contribution in [0, 0.1) is 6.92 Å². The highest BCUT2D eigenvalue weighted by Gasteiger charge is 2.02. The zero-order chi connectivity index (χ0) is 11.1. The molecule has 0 saturated heterocycles. The van der Waals surface area contributed by atoms with Crippen LogP contribution in [0.5, 0.6) is 6.01 Å². The van der Waals surface area contributed by atoms with Crippen molar-refractivity contribution in [3.8, 4) is 6.01 Å². The summed E-state index contributed by atoms with van der Waals surface area (Å²) in [7, 11) is 0. The molecule has 0 fully saturated rings. The normalized spacial score (nSPS) is 10.0. The van der Waals surface area contributed by atoms with Crippen molar-refractivity contribution in [1.82, 2.24) is 9.97 Å². The van der Waals surface area contributed by atoms with Crippen molar-refractivity contribution in [1.29, 1.82) is 0 Å². The fourth-order valence-electron chi connectivity index (χ4n) is 1.13. The van der Waals surface area contributed by atoms with E-state index < -0.39 is 0 Å². The Morgan fingerprint density at radius 2 is 2.40 bits per heavy atom. The summed E-state index contributed by atoms with van der Waals surface area (Å²) in [4.78, 5) is 8.27. The van der Waals surface area contributed by atoms with Gasteiger partial charge in [0.05, 0.1) is 6.61 Å². The van der Waals surface area contributed by atoms with Crippen molar-refractivity contribution in [2.24, 2.45) is 5.73 Å². The monoisotopic (exact) mass is 207 g/mol. The van der Waals surface area contributed by atoms with Gasteiger partial charge in [0.25, 0.3) is 0 Å². The summed E-state index contributed by atoms with van der Waals surface area (Å²) in [5.41, 5.74) is 7.34. The molecule has 0 bridgehead atoms. The SMILES string of the molecule is C=CCCCOc1ncc(CN)c(C)n1. The van der Waals surface area contributed by atoms with Crippen LogP contribution in [0.1, 0.15) is 24.1 Å². The average molecular weight is 207 g/mol. The van der Waals surface area contributed by atoms with Crippen molar-refractivity contribution >= 4 is 0 Å². The Balaban J connectivity index is 2.48. The van der Waals surface area contributed by atoms with E-state index in [2.05, 4.69) is 16.5 Å². The number of allylic oxidation sites excluding steroid dienone is 1.